The van der Waals surface area contributed by atoms with Crippen molar-refractivity contribution >= 4 is 11.4 Å². The van der Waals surface area contributed by atoms with Crippen molar-refractivity contribution in [3.63, 3.8) is 0 Å². The Kier molecular flexibility index (Phi) is 4.31. The fourth-order valence-electron chi connectivity index (χ4n) is 1.67. The fraction of sp³-hybridized carbons (Fsp3) is 0.0556. The molecule has 1 heteroatoms. The summed E-state index contributed by atoms with van der Waals surface area (Å²) < 4.78 is 0. The molecule has 0 unspecified atom stereocenters. The summed E-state index contributed by atoms with van der Waals surface area (Å²) in [5.74, 6) is 5.32. The molecule has 0 radical (unpaired) electrons. The van der Waals surface area contributed by atoms with Crippen molar-refractivity contribution in [2.24, 2.45) is 0 Å². The molecule has 92 valence electrons. The smallest absolute Gasteiger partial charge is 0.229 e. The molecule has 0 saturated heterocycles. The Bertz CT molecular complexity index is 640. The van der Waals surface area contributed by atoms with Crippen LogP contribution in [0.5, 0.6) is 0 Å². The van der Waals surface area contributed by atoms with E-state index in [-0.39, 0.29) is 5.78 Å². The number of benzene rings is 2. The predicted molar refractivity (Wildman–Crippen MR) is 78.4 cm³/mol. The van der Waals surface area contributed by atoms with Crippen molar-refractivity contribution in [3.8, 4) is 11.8 Å². The predicted octanol–water partition coefficient (Wildman–Crippen LogP) is 3.71. The molecule has 2 aromatic carbocycles. The Morgan fingerprint density at radius 3 is 2.16 bits per heavy atom. The average molecular weight is 246 g/mol. The largest absolute Gasteiger partial charge is 0.280 e. The van der Waals surface area contributed by atoms with Gasteiger partial charge in [0.15, 0.2) is 0 Å². The van der Waals surface area contributed by atoms with Crippen LogP contribution < -0.4 is 0 Å². The summed E-state index contributed by atoms with van der Waals surface area (Å²) in [5.41, 5.74) is 2.81. The van der Waals surface area contributed by atoms with Crippen LogP contribution in [0.15, 0.2) is 66.7 Å². The van der Waals surface area contributed by atoms with Gasteiger partial charge in [-0.25, -0.2) is 0 Å². The van der Waals surface area contributed by atoms with Gasteiger partial charge >= 0.3 is 0 Å². The van der Waals surface area contributed by atoms with E-state index in [9.17, 15) is 4.79 Å². The second kappa shape index (κ2) is 6.37. The molecule has 0 atom stereocenters. The molecule has 0 saturated carbocycles. The van der Waals surface area contributed by atoms with E-state index < -0.39 is 0 Å². The summed E-state index contributed by atoms with van der Waals surface area (Å²) in [7, 11) is 0. The zero-order valence-electron chi connectivity index (χ0n) is 10.8. The number of ketones is 1. The molecule has 0 heterocycles. The third kappa shape index (κ3) is 3.97. The molecule has 0 fully saturated rings. The standard InChI is InChI=1S/C18H14O/c1-15(17-10-6-3-7-11-17)14-18(19)13-12-16-8-4-2-5-9-16/h2-11,14H,1H3/b15-14+. The van der Waals surface area contributed by atoms with E-state index >= 15 is 0 Å². The van der Waals surface area contributed by atoms with Gasteiger partial charge in [0.05, 0.1) is 0 Å². The fourth-order valence-corrected chi connectivity index (χ4v) is 1.67. The molecule has 1 nitrogen and oxygen atoms in total. The SMILES string of the molecule is C/C(=C\C(=O)C#Cc1ccccc1)c1ccccc1. The van der Waals surface area contributed by atoms with E-state index in [0.717, 1.165) is 16.7 Å². The Balaban J connectivity index is 2.12. The van der Waals surface area contributed by atoms with E-state index in [0.29, 0.717) is 0 Å². The van der Waals surface area contributed by atoms with E-state index in [2.05, 4.69) is 11.8 Å². The second-order valence-electron chi connectivity index (χ2n) is 4.17. The van der Waals surface area contributed by atoms with Crippen molar-refractivity contribution in [2.45, 2.75) is 6.92 Å². The van der Waals surface area contributed by atoms with Crippen molar-refractivity contribution in [3.05, 3.63) is 77.9 Å². The van der Waals surface area contributed by atoms with Crippen LogP contribution >= 0.6 is 0 Å². The summed E-state index contributed by atoms with van der Waals surface area (Å²) in [6.07, 6.45) is 1.57. The van der Waals surface area contributed by atoms with Crippen LogP contribution in [0.25, 0.3) is 5.57 Å². The van der Waals surface area contributed by atoms with Gasteiger partial charge in [-0.1, -0.05) is 54.5 Å². The molecule has 0 amide bonds. The first kappa shape index (κ1) is 12.9. The second-order valence-corrected chi connectivity index (χ2v) is 4.17. The van der Waals surface area contributed by atoms with Gasteiger partial charge in [-0.05, 0) is 42.2 Å². The molecule has 0 spiro atoms. The molecule has 19 heavy (non-hydrogen) atoms. The number of hydrogen-bond acceptors (Lipinski definition) is 1. The summed E-state index contributed by atoms with van der Waals surface area (Å²) in [5, 5.41) is 0. The van der Waals surface area contributed by atoms with Crippen molar-refractivity contribution in [2.75, 3.05) is 0 Å². The summed E-state index contributed by atoms with van der Waals surface area (Å²) >= 11 is 0. The summed E-state index contributed by atoms with van der Waals surface area (Å²) in [6.45, 7) is 1.91. The zero-order valence-corrected chi connectivity index (χ0v) is 10.8. The van der Waals surface area contributed by atoms with E-state index in [1.165, 1.54) is 0 Å². The Labute approximate surface area is 113 Å². The molecular formula is C18H14O. The molecule has 2 rings (SSSR count). The van der Waals surface area contributed by atoms with Gasteiger partial charge in [0.25, 0.3) is 0 Å². The highest BCUT2D eigenvalue weighted by molar-refractivity contribution is 6.08. The Hall–Kier alpha value is -2.59. The van der Waals surface area contributed by atoms with Crippen LogP contribution in [-0.4, -0.2) is 5.78 Å². The highest BCUT2D eigenvalue weighted by atomic mass is 16.1. The van der Waals surface area contributed by atoms with Crippen LogP contribution in [0, 0.1) is 11.8 Å². The van der Waals surface area contributed by atoms with Crippen molar-refractivity contribution in [1.29, 1.82) is 0 Å². The van der Waals surface area contributed by atoms with E-state index in [4.69, 9.17) is 0 Å². The quantitative estimate of drug-likeness (QED) is 0.583. The lowest BCUT2D eigenvalue weighted by Crippen LogP contribution is -1.89. The lowest BCUT2D eigenvalue weighted by Gasteiger charge is -1.98. The van der Waals surface area contributed by atoms with Gasteiger partial charge in [0.2, 0.25) is 5.78 Å². The monoisotopic (exact) mass is 246 g/mol. The number of rotatable bonds is 2. The third-order valence-electron chi connectivity index (χ3n) is 2.68. The normalized spacial score (nSPS) is 10.5. The lowest BCUT2D eigenvalue weighted by atomic mass is 10.1. The first-order valence-electron chi connectivity index (χ1n) is 6.10. The molecular weight excluding hydrogens is 232 g/mol. The molecule has 0 aliphatic heterocycles. The van der Waals surface area contributed by atoms with Crippen LogP contribution in [0.1, 0.15) is 18.1 Å². The average Bonchev–Trinajstić information content (AvgIpc) is 2.47. The van der Waals surface area contributed by atoms with Gasteiger partial charge in [0.1, 0.15) is 0 Å². The van der Waals surface area contributed by atoms with E-state index in [1.807, 2.05) is 67.6 Å². The number of hydrogen-bond donors (Lipinski definition) is 0. The molecule has 0 aliphatic carbocycles. The topological polar surface area (TPSA) is 17.1 Å². The van der Waals surface area contributed by atoms with Gasteiger partial charge in [0, 0.05) is 5.56 Å². The van der Waals surface area contributed by atoms with Crippen molar-refractivity contribution < 1.29 is 4.79 Å². The molecule has 0 aromatic heterocycles. The zero-order chi connectivity index (χ0) is 13.5. The van der Waals surface area contributed by atoms with Gasteiger partial charge < -0.3 is 0 Å². The molecule has 0 bridgehead atoms. The maximum atomic E-state index is 11.8. The molecule has 2 aromatic rings. The Morgan fingerprint density at radius 2 is 1.53 bits per heavy atom. The summed E-state index contributed by atoms with van der Waals surface area (Å²) in [4.78, 5) is 11.8. The maximum Gasteiger partial charge on any atom is 0.229 e. The minimum absolute atomic E-state index is 0.176. The van der Waals surface area contributed by atoms with Crippen molar-refractivity contribution in [1.82, 2.24) is 0 Å². The van der Waals surface area contributed by atoms with Crippen LogP contribution in [-0.2, 0) is 4.79 Å². The van der Waals surface area contributed by atoms with Gasteiger partial charge in [-0.3, -0.25) is 4.79 Å². The molecule has 0 N–H and O–H groups in total. The van der Waals surface area contributed by atoms with Crippen LogP contribution in [0.4, 0.5) is 0 Å². The first-order valence-corrected chi connectivity index (χ1v) is 6.10. The Morgan fingerprint density at radius 1 is 0.947 bits per heavy atom. The number of carbonyl (C=O) groups is 1. The van der Waals surface area contributed by atoms with Gasteiger partial charge in [-0.15, -0.1) is 0 Å². The maximum absolute atomic E-state index is 11.8. The van der Waals surface area contributed by atoms with Crippen LogP contribution in [0.2, 0.25) is 0 Å². The minimum atomic E-state index is -0.176. The lowest BCUT2D eigenvalue weighted by molar-refractivity contribution is -0.109. The molecule has 0 aliphatic rings. The highest BCUT2D eigenvalue weighted by Gasteiger charge is 1.97. The minimum Gasteiger partial charge on any atom is -0.280 e. The van der Waals surface area contributed by atoms with E-state index in [1.54, 1.807) is 6.08 Å². The van der Waals surface area contributed by atoms with Crippen LogP contribution in [0.3, 0.4) is 0 Å². The highest BCUT2D eigenvalue weighted by Crippen LogP contribution is 2.12. The summed E-state index contributed by atoms with van der Waals surface area (Å²) in [6, 6.07) is 19.3. The number of carbonyl (C=O) groups excluding carboxylic acids is 1. The first-order chi connectivity index (χ1) is 9.25. The van der Waals surface area contributed by atoms with Gasteiger partial charge in [-0.2, -0.15) is 0 Å². The third-order valence-corrected chi connectivity index (χ3v) is 2.68. The number of allylic oxidation sites excluding steroid dienone is 2.